The van der Waals surface area contributed by atoms with Crippen molar-refractivity contribution in [2.45, 2.75) is 16.7 Å². The zero-order valence-corrected chi connectivity index (χ0v) is 14.6. The average molecular weight is 348 g/mol. The number of nitrogens with two attached hydrogens (primary N) is 1. The molecule has 3 aromatic carbocycles. The fraction of sp³-hybridized carbons (Fsp3) is 0.0952. The van der Waals surface area contributed by atoms with E-state index in [1.54, 1.807) is 0 Å². The van der Waals surface area contributed by atoms with Crippen LogP contribution in [0, 0.1) is 0 Å². The van der Waals surface area contributed by atoms with E-state index in [2.05, 4.69) is 5.32 Å². The zero-order valence-electron chi connectivity index (χ0n) is 13.8. The summed E-state index contributed by atoms with van der Waals surface area (Å²) in [5.74, 6) is -0.00289. The second-order valence-corrected chi connectivity index (χ2v) is 6.86. The summed E-state index contributed by atoms with van der Waals surface area (Å²) in [5.41, 5.74) is 8.53. The smallest absolute Gasteiger partial charge is 0.238 e. The van der Waals surface area contributed by atoms with Gasteiger partial charge in [0.2, 0.25) is 5.91 Å². The predicted molar refractivity (Wildman–Crippen MR) is 104 cm³/mol. The molecule has 0 saturated carbocycles. The summed E-state index contributed by atoms with van der Waals surface area (Å²) in [6.45, 7) is 0.519. The first-order valence-electron chi connectivity index (χ1n) is 8.11. The number of thioether (sulfide) groups is 1. The SMILES string of the molecule is Nc1ccc(SC(C(=O)NCc2ccccc2)c2ccccc2)cc1. The van der Waals surface area contributed by atoms with Gasteiger partial charge in [0.1, 0.15) is 5.25 Å². The largest absolute Gasteiger partial charge is 0.399 e. The lowest BCUT2D eigenvalue weighted by atomic mass is 10.1. The van der Waals surface area contributed by atoms with Crippen molar-refractivity contribution in [1.29, 1.82) is 0 Å². The third-order valence-corrected chi connectivity index (χ3v) is 5.05. The van der Waals surface area contributed by atoms with Gasteiger partial charge < -0.3 is 11.1 Å². The lowest BCUT2D eigenvalue weighted by molar-refractivity contribution is -0.120. The lowest BCUT2D eigenvalue weighted by Crippen LogP contribution is -2.27. The third-order valence-electron chi connectivity index (χ3n) is 3.78. The van der Waals surface area contributed by atoms with E-state index in [0.717, 1.165) is 16.0 Å². The molecule has 0 aliphatic rings. The maximum atomic E-state index is 12.8. The Hall–Kier alpha value is -2.72. The number of carbonyl (C=O) groups excluding carboxylic acids is 1. The van der Waals surface area contributed by atoms with Crippen molar-refractivity contribution in [2.24, 2.45) is 0 Å². The molecule has 0 bridgehead atoms. The van der Waals surface area contributed by atoms with Crippen molar-refractivity contribution in [3.63, 3.8) is 0 Å². The third kappa shape index (κ3) is 4.88. The minimum Gasteiger partial charge on any atom is -0.399 e. The minimum absolute atomic E-state index is 0.00289. The molecule has 3 aromatic rings. The fourth-order valence-corrected chi connectivity index (χ4v) is 3.51. The molecule has 0 aliphatic carbocycles. The molecular weight excluding hydrogens is 328 g/mol. The highest BCUT2D eigenvalue weighted by Gasteiger charge is 2.21. The summed E-state index contributed by atoms with van der Waals surface area (Å²) in [6, 6.07) is 27.3. The van der Waals surface area contributed by atoms with Crippen LogP contribution in [0.5, 0.6) is 0 Å². The summed E-state index contributed by atoms with van der Waals surface area (Å²) in [7, 11) is 0. The quantitative estimate of drug-likeness (QED) is 0.512. The molecule has 0 fully saturated rings. The van der Waals surface area contributed by atoms with Crippen LogP contribution in [0.4, 0.5) is 5.69 Å². The van der Waals surface area contributed by atoms with Gasteiger partial charge in [0, 0.05) is 17.1 Å². The van der Waals surface area contributed by atoms with Crippen LogP contribution in [0.15, 0.2) is 89.8 Å². The van der Waals surface area contributed by atoms with E-state index in [1.165, 1.54) is 11.8 Å². The molecule has 1 amide bonds. The number of hydrogen-bond acceptors (Lipinski definition) is 3. The molecule has 25 heavy (non-hydrogen) atoms. The monoisotopic (exact) mass is 348 g/mol. The summed E-state index contributed by atoms with van der Waals surface area (Å²) in [4.78, 5) is 13.8. The molecule has 3 N–H and O–H groups in total. The van der Waals surface area contributed by atoms with Gasteiger partial charge in [-0.15, -0.1) is 11.8 Å². The average Bonchev–Trinajstić information content (AvgIpc) is 2.67. The van der Waals surface area contributed by atoms with Crippen molar-refractivity contribution in [2.75, 3.05) is 5.73 Å². The van der Waals surface area contributed by atoms with Crippen LogP contribution >= 0.6 is 11.8 Å². The maximum absolute atomic E-state index is 12.8. The number of amides is 1. The van der Waals surface area contributed by atoms with Crippen LogP contribution < -0.4 is 11.1 Å². The van der Waals surface area contributed by atoms with E-state index in [1.807, 2.05) is 84.9 Å². The summed E-state index contributed by atoms with van der Waals surface area (Å²) < 4.78 is 0. The van der Waals surface area contributed by atoms with Crippen molar-refractivity contribution in [3.05, 3.63) is 96.1 Å². The number of benzene rings is 3. The van der Waals surface area contributed by atoms with E-state index in [4.69, 9.17) is 5.73 Å². The molecular formula is C21H20N2OS. The normalized spacial score (nSPS) is 11.7. The van der Waals surface area contributed by atoms with Crippen LogP contribution in [-0.4, -0.2) is 5.91 Å². The van der Waals surface area contributed by atoms with Crippen LogP contribution in [0.2, 0.25) is 0 Å². The van der Waals surface area contributed by atoms with Crippen LogP contribution in [0.1, 0.15) is 16.4 Å². The Morgan fingerprint density at radius 2 is 1.48 bits per heavy atom. The number of rotatable bonds is 6. The Labute approximate surface area is 152 Å². The second-order valence-electron chi connectivity index (χ2n) is 5.68. The first kappa shape index (κ1) is 17.1. The molecule has 0 saturated heterocycles. The topological polar surface area (TPSA) is 55.1 Å². The molecule has 1 atom stereocenters. The molecule has 3 rings (SSSR count). The predicted octanol–water partition coefficient (Wildman–Crippen LogP) is 4.42. The Morgan fingerprint density at radius 3 is 2.12 bits per heavy atom. The number of carbonyl (C=O) groups is 1. The first-order valence-corrected chi connectivity index (χ1v) is 8.99. The van der Waals surface area contributed by atoms with Gasteiger partial charge in [-0.3, -0.25) is 4.79 Å². The van der Waals surface area contributed by atoms with Gasteiger partial charge >= 0.3 is 0 Å². The Bertz CT molecular complexity index is 804. The highest BCUT2D eigenvalue weighted by Crippen LogP contribution is 2.35. The summed E-state index contributed by atoms with van der Waals surface area (Å²) in [5, 5.41) is 2.73. The Kier molecular flexibility index (Phi) is 5.75. The highest BCUT2D eigenvalue weighted by molar-refractivity contribution is 8.00. The van der Waals surface area contributed by atoms with E-state index in [0.29, 0.717) is 12.2 Å². The number of nitrogen functional groups attached to an aromatic ring is 1. The van der Waals surface area contributed by atoms with Crippen LogP contribution in [-0.2, 0) is 11.3 Å². The van der Waals surface area contributed by atoms with Gasteiger partial charge in [0.05, 0.1) is 0 Å². The van der Waals surface area contributed by atoms with Gasteiger partial charge in [0.15, 0.2) is 0 Å². The van der Waals surface area contributed by atoms with Crippen LogP contribution in [0.25, 0.3) is 0 Å². The highest BCUT2D eigenvalue weighted by atomic mass is 32.2. The molecule has 0 heterocycles. The standard InChI is InChI=1S/C21H20N2OS/c22-18-11-13-19(14-12-18)25-20(17-9-5-2-6-10-17)21(24)23-15-16-7-3-1-4-8-16/h1-14,20H,15,22H2,(H,23,24). The van der Waals surface area contributed by atoms with Gasteiger partial charge in [-0.2, -0.15) is 0 Å². The molecule has 3 nitrogen and oxygen atoms in total. The van der Waals surface area contributed by atoms with E-state index in [-0.39, 0.29) is 11.2 Å². The second kappa shape index (κ2) is 8.40. The minimum atomic E-state index is -0.312. The maximum Gasteiger partial charge on any atom is 0.238 e. The fourth-order valence-electron chi connectivity index (χ4n) is 2.46. The molecule has 0 spiro atoms. The summed E-state index contributed by atoms with van der Waals surface area (Å²) >= 11 is 1.53. The first-order chi connectivity index (χ1) is 12.2. The van der Waals surface area contributed by atoms with Gasteiger partial charge in [-0.1, -0.05) is 60.7 Å². The molecule has 0 aromatic heterocycles. The number of hydrogen-bond donors (Lipinski definition) is 2. The van der Waals surface area contributed by atoms with Gasteiger partial charge in [-0.05, 0) is 35.4 Å². The van der Waals surface area contributed by atoms with Gasteiger partial charge in [0.25, 0.3) is 0 Å². The molecule has 0 aliphatic heterocycles. The van der Waals surface area contributed by atoms with Crippen molar-refractivity contribution in [1.82, 2.24) is 5.32 Å². The Morgan fingerprint density at radius 1 is 0.880 bits per heavy atom. The van der Waals surface area contributed by atoms with Crippen molar-refractivity contribution < 1.29 is 4.79 Å². The summed E-state index contributed by atoms with van der Waals surface area (Å²) in [6.07, 6.45) is 0. The van der Waals surface area contributed by atoms with Crippen LogP contribution in [0.3, 0.4) is 0 Å². The van der Waals surface area contributed by atoms with Crippen molar-refractivity contribution >= 4 is 23.4 Å². The number of nitrogens with one attached hydrogen (secondary N) is 1. The van der Waals surface area contributed by atoms with E-state index >= 15 is 0 Å². The molecule has 1 unspecified atom stereocenters. The molecule has 4 heteroatoms. The van der Waals surface area contributed by atoms with Gasteiger partial charge in [-0.25, -0.2) is 0 Å². The Balaban J connectivity index is 1.76. The lowest BCUT2D eigenvalue weighted by Gasteiger charge is -2.17. The van der Waals surface area contributed by atoms with E-state index < -0.39 is 0 Å². The van der Waals surface area contributed by atoms with Crippen molar-refractivity contribution in [3.8, 4) is 0 Å². The number of anilines is 1. The van der Waals surface area contributed by atoms with E-state index in [9.17, 15) is 4.79 Å². The zero-order chi connectivity index (χ0) is 17.5. The molecule has 126 valence electrons. The molecule has 0 radical (unpaired) electrons.